The number of para-hydroxylation sites is 1. The van der Waals surface area contributed by atoms with Crippen molar-refractivity contribution in [2.45, 2.75) is 23.2 Å². The van der Waals surface area contributed by atoms with Crippen molar-refractivity contribution < 1.29 is 27.2 Å². The summed E-state index contributed by atoms with van der Waals surface area (Å²) >= 11 is 1.07. The first-order valence-corrected chi connectivity index (χ1v) is 8.84. The Balaban J connectivity index is 1.90. The highest BCUT2D eigenvalue weighted by molar-refractivity contribution is 8.03. The highest BCUT2D eigenvalue weighted by Crippen LogP contribution is 2.56. The maximum atomic E-state index is 14.1. The fraction of sp³-hybridized carbons (Fsp3) is 0.222. The molecule has 2 aromatic carbocycles. The summed E-state index contributed by atoms with van der Waals surface area (Å²) in [4.78, 5) is 25.2. The number of alkyl halides is 3. The van der Waals surface area contributed by atoms with E-state index >= 15 is 0 Å². The predicted molar refractivity (Wildman–Crippen MR) is 92.7 cm³/mol. The second kappa shape index (κ2) is 5.72. The van der Waals surface area contributed by atoms with E-state index in [4.69, 9.17) is 0 Å². The molecule has 4 nitrogen and oxygen atoms in total. The predicted octanol–water partition coefficient (Wildman–Crippen LogP) is 4.12. The highest BCUT2D eigenvalue weighted by atomic mass is 32.2. The molecule has 2 aromatic rings. The van der Waals surface area contributed by atoms with Crippen molar-refractivity contribution in [2.24, 2.45) is 0 Å². The molecule has 2 amide bonds. The number of carbonyl (C=O) groups excluding carboxylic acids is 2. The van der Waals surface area contributed by atoms with Crippen LogP contribution >= 0.6 is 11.8 Å². The van der Waals surface area contributed by atoms with Crippen molar-refractivity contribution >= 4 is 35.0 Å². The van der Waals surface area contributed by atoms with E-state index in [1.165, 1.54) is 0 Å². The minimum absolute atomic E-state index is 0.103. The summed E-state index contributed by atoms with van der Waals surface area (Å²) in [6, 6.07) is 8.98. The molecule has 2 aliphatic heterocycles. The van der Waals surface area contributed by atoms with Crippen LogP contribution in [0.5, 0.6) is 0 Å². The number of fused-ring (bicyclic) bond motifs is 2. The third kappa shape index (κ3) is 2.44. The van der Waals surface area contributed by atoms with Gasteiger partial charge in [0.15, 0.2) is 0 Å². The molecule has 1 saturated heterocycles. The lowest BCUT2D eigenvalue weighted by Gasteiger charge is -2.32. The van der Waals surface area contributed by atoms with Crippen molar-refractivity contribution in [1.29, 1.82) is 0 Å². The minimum Gasteiger partial charge on any atom is -0.323 e. The van der Waals surface area contributed by atoms with E-state index < -0.39 is 39.5 Å². The second-order valence-electron chi connectivity index (χ2n) is 6.24. The zero-order chi connectivity index (χ0) is 19.6. The number of benzene rings is 2. The van der Waals surface area contributed by atoms with Crippen molar-refractivity contribution in [3.8, 4) is 0 Å². The molecular formula is C18H12F4N2O2S. The summed E-state index contributed by atoms with van der Waals surface area (Å²) in [6.45, 7) is 1.60. The Morgan fingerprint density at radius 1 is 1.15 bits per heavy atom. The monoisotopic (exact) mass is 396 g/mol. The quantitative estimate of drug-likeness (QED) is 0.738. The lowest BCUT2D eigenvalue weighted by molar-refractivity contribution is -0.140. The first-order valence-electron chi connectivity index (χ1n) is 7.96. The summed E-state index contributed by atoms with van der Waals surface area (Å²) < 4.78 is 52.7. The Hall–Kier alpha value is -2.55. The number of nitrogens with zero attached hydrogens (tertiary/aromatic N) is 1. The number of rotatable bonds is 1. The van der Waals surface area contributed by atoms with Gasteiger partial charge in [0.05, 0.1) is 10.8 Å². The standard InChI is InChI=1S/C18H12F4N2O2S/c1-9-15(25)24(10-6-7-11(13(19)8-10)18(20,21)22)17(27-9)12-4-2-3-5-14(12)23-16(17)26/h2-9H,1H3,(H,23,26). The Morgan fingerprint density at radius 2 is 1.85 bits per heavy atom. The zero-order valence-corrected chi connectivity index (χ0v) is 14.6. The summed E-state index contributed by atoms with van der Waals surface area (Å²) in [5, 5.41) is 2.06. The molecule has 27 heavy (non-hydrogen) atoms. The Kier molecular flexibility index (Phi) is 3.78. The van der Waals surface area contributed by atoms with Gasteiger partial charge in [0.1, 0.15) is 5.82 Å². The summed E-state index contributed by atoms with van der Waals surface area (Å²) in [7, 11) is 0. The summed E-state index contributed by atoms with van der Waals surface area (Å²) in [5.41, 5.74) is -0.509. The third-order valence-corrected chi connectivity index (χ3v) is 6.08. The fourth-order valence-electron chi connectivity index (χ4n) is 3.43. The molecule has 0 radical (unpaired) electrons. The molecule has 9 heteroatoms. The second-order valence-corrected chi connectivity index (χ2v) is 7.77. The lowest BCUT2D eigenvalue weighted by atomic mass is 10.0. The van der Waals surface area contributed by atoms with Crippen molar-refractivity contribution in [2.75, 3.05) is 10.2 Å². The van der Waals surface area contributed by atoms with Gasteiger partial charge in [-0.2, -0.15) is 13.2 Å². The van der Waals surface area contributed by atoms with Gasteiger partial charge in [-0.15, -0.1) is 11.8 Å². The van der Waals surface area contributed by atoms with Crippen LogP contribution in [0.4, 0.5) is 28.9 Å². The number of nitrogens with one attached hydrogen (secondary N) is 1. The van der Waals surface area contributed by atoms with E-state index in [1.54, 1.807) is 31.2 Å². The largest absolute Gasteiger partial charge is 0.419 e. The van der Waals surface area contributed by atoms with E-state index in [-0.39, 0.29) is 5.69 Å². The first kappa shape index (κ1) is 17.8. The van der Waals surface area contributed by atoms with Crippen molar-refractivity contribution in [3.05, 3.63) is 59.4 Å². The van der Waals surface area contributed by atoms with Crippen LogP contribution in [0, 0.1) is 5.82 Å². The van der Waals surface area contributed by atoms with E-state index in [0.717, 1.165) is 22.7 Å². The maximum Gasteiger partial charge on any atom is 0.419 e. The van der Waals surface area contributed by atoms with Crippen molar-refractivity contribution in [3.63, 3.8) is 0 Å². The molecule has 0 saturated carbocycles. The van der Waals surface area contributed by atoms with E-state index in [9.17, 15) is 27.2 Å². The van der Waals surface area contributed by atoms with Gasteiger partial charge in [-0.1, -0.05) is 18.2 Å². The molecule has 140 valence electrons. The van der Waals surface area contributed by atoms with Gasteiger partial charge < -0.3 is 5.32 Å². The number of hydrogen-bond donors (Lipinski definition) is 1. The molecule has 0 bridgehead atoms. The number of anilines is 2. The number of thioether (sulfide) groups is 1. The van der Waals surface area contributed by atoms with Gasteiger partial charge in [0.25, 0.3) is 5.91 Å². The zero-order valence-electron chi connectivity index (χ0n) is 13.8. The van der Waals surface area contributed by atoms with Gasteiger partial charge in [-0.25, -0.2) is 4.39 Å². The summed E-state index contributed by atoms with van der Waals surface area (Å²) in [5.74, 6) is -2.48. The van der Waals surface area contributed by atoms with Crippen LogP contribution in [0.15, 0.2) is 42.5 Å². The van der Waals surface area contributed by atoms with Crippen LogP contribution in [0.25, 0.3) is 0 Å². The maximum absolute atomic E-state index is 14.1. The molecular weight excluding hydrogens is 384 g/mol. The summed E-state index contributed by atoms with van der Waals surface area (Å²) in [6.07, 6.45) is -4.85. The smallest absolute Gasteiger partial charge is 0.323 e. The average molecular weight is 396 g/mol. The van der Waals surface area contributed by atoms with Gasteiger partial charge in [0, 0.05) is 16.9 Å². The van der Waals surface area contributed by atoms with Crippen LogP contribution in [-0.2, 0) is 20.6 Å². The highest BCUT2D eigenvalue weighted by Gasteiger charge is 2.61. The molecule has 1 N–H and O–H groups in total. The minimum atomic E-state index is -4.85. The molecule has 2 aliphatic rings. The van der Waals surface area contributed by atoms with Crippen LogP contribution in [0.3, 0.4) is 0 Å². The van der Waals surface area contributed by atoms with Crippen molar-refractivity contribution in [1.82, 2.24) is 0 Å². The molecule has 2 heterocycles. The van der Waals surface area contributed by atoms with E-state index in [0.29, 0.717) is 23.4 Å². The van der Waals surface area contributed by atoms with Gasteiger partial charge in [-0.3, -0.25) is 14.5 Å². The molecule has 1 spiro atoms. The molecule has 2 atom stereocenters. The number of carbonyl (C=O) groups is 2. The van der Waals surface area contributed by atoms with Gasteiger partial charge in [-0.05, 0) is 31.2 Å². The van der Waals surface area contributed by atoms with E-state index in [2.05, 4.69) is 5.32 Å². The van der Waals surface area contributed by atoms with Crippen LogP contribution in [0.1, 0.15) is 18.1 Å². The SMILES string of the molecule is CC1SC2(C(=O)Nc3ccccc32)N(c2ccc(C(F)(F)F)c(F)c2)C1=O. The molecule has 2 unspecified atom stereocenters. The topological polar surface area (TPSA) is 49.4 Å². The average Bonchev–Trinajstić information content (AvgIpc) is 3.01. The number of amides is 2. The van der Waals surface area contributed by atoms with E-state index in [1.807, 2.05) is 0 Å². The van der Waals surface area contributed by atoms with Crippen LogP contribution < -0.4 is 10.2 Å². The first-order chi connectivity index (χ1) is 12.7. The molecule has 1 fully saturated rings. The molecule has 0 aromatic heterocycles. The third-order valence-electron chi connectivity index (χ3n) is 4.59. The fourth-order valence-corrected chi connectivity index (χ4v) is 4.92. The number of halogens is 4. The Morgan fingerprint density at radius 3 is 2.52 bits per heavy atom. The van der Waals surface area contributed by atoms with Crippen LogP contribution in [0.2, 0.25) is 0 Å². The van der Waals surface area contributed by atoms with Gasteiger partial charge in [0.2, 0.25) is 10.8 Å². The number of hydrogen-bond acceptors (Lipinski definition) is 3. The normalized spacial score (nSPS) is 24.5. The van der Waals surface area contributed by atoms with Gasteiger partial charge >= 0.3 is 6.18 Å². The molecule has 0 aliphatic carbocycles. The Labute approximate surface area is 155 Å². The molecule has 4 rings (SSSR count). The Bertz CT molecular complexity index is 978. The van der Waals surface area contributed by atoms with Crippen LogP contribution in [-0.4, -0.2) is 17.1 Å². The lowest BCUT2D eigenvalue weighted by Crippen LogP contribution is -2.47.